The van der Waals surface area contributed by atoms with Gasteiger partial charge < -0.3 is 5.11 Å². The molecule has 2 rings (SSSR count). The number of piperidine rings is 1. The molecule has 18 heavy (non-hydrogen) atoms. The van der Waals surface area contributed by atoms with Gasteiger partial charge >= 0.3 is 5.97 Å². The van der Waals surface area contributed by atoms with Crippen molar-refractivity contribution in [2.24, 2.45) is 5.92 Å². The van der Waals surface area contributed by atoms with E-state index in [-0.39, 0.29) is 12.3 Å². The summed E-state index contributed by atoms with van der Waals surface area (Å²) < 4.78 is 0. The molecule has 1 fully saturated rings. The molecule has 0 spiro atoms. The van der Waals surface area contributed by atoms with E-state index in [0.29, 0.717) is 0 Å². The highest BCUT2D eigenvalue weighted by molar-refractivity contribution is 6.30. The Kier molecular flexibility index (Phi) is 4.61. The Morgan fingerprint density at radius 1 is 1.50 bits per heavy atom. The Hall–Kier alpha value is -1.06. The second-order valence-corrected chi connectivity index (χ2v) is 5.41. The highest BCUT2D eigenvalue weighted by Crippen LogP contribution is 2.22. The average Bonchev–Trinajstić information content (AvgIpc) is 2.28. The van der Waals surface area contributed by atoms with Crippen LogP contribution >= 0.6 is 11.6 Å². The number of hydrogen-bond acceptors (Lipinski definition) is 2. The van der Waals surface area contributed by atoms with E-state index in [4.69, 9.17) is 16.7 Å². The fraction of sp³-hybridized carbons (Fsp3) is 0.500. The summed E-state index contributed by atoms with van der Waals surface area (Å²) in [5.74, 6) is -0.403. The normalized spacial score (nSPS) is 20.8. The number of carboxylic acids is 1. The quantitative estimate of drug-likeness (QED) is 0.912. The van der Waals surface area contributed by atoms with Gasteiger partial charge in [0.15, 0.2) is 0 Å². The lowest BCUT2D eigenvalue weighted by atomic mass is 9.94. The molecule has 1 saturated heterocycles. The molecule has 0 bridgehead atoms. The largest absolute Gasteiger partial charge is 0.481 e. The summed E-state index contributed by atoms with van der Waals surface area (Å²) in [7, 11) is 0. The summed E-state index contributed by atoms with van der Waals surface area (Å²) in [6.07, 6.45) is 2.39. The molecule has 1 atom stereocenters. The van der Waals surface area contributed by atoms with Gasteiger partial charge in [-0.05, 0) is 43.0 Å². The van der Waals surface area contributed by atoms with E-state index in [1.54, 1.807) is 0 Å². The van der Waals surface area contributed by atoms with E-state index < -0.39 is 5.97 Å². The van der Waals surface area contributed by atoms with Crippen molar-refractivity contribution in [3.8, 4) is 0 Å². The van der Waals surface area contributed by atoms with Gasteiger partial charge in [-0.3, -0.25) is 9.69 Å². The Balaban J connectivity index is 1.91. The van der Waals surface area contributed by atoms with Gasteiger partial charge in [-0.25, -0.2) is 0 Å². The van der Waals surface area contributed by atoms with Crippen molar-refractivity contribution in [1.82, 2.24) is 4.90 Å². The maximum absolute atomic E-state index is 10.7. The molecule has 3 nitrogen and oxygen atoms in total. The van der Waals surface area contributed by atoms with Crippen LogP contribution in [-0.4, -0.2) is 29.1 Å². The minimum atomic E-state index is -0.690. The van der Waals surface area contributed by atoms with Crippen LogP contribution in [0.25, 0.3) is 0 Å². The van der Waals surface area contributed by atoms with Crippen LogP contribution in [0.4, 0.5) is 0 Å². The molecule has 0 aromatic heterocycles. The fourth-order valence-electron chi connectivity index (χ4n) is 2.60. The van der Waals surface area contributed by atoms with E-state index in [0.717, 1.165) is 37.5 Å². The predicted molar refractivity (Wildman–Crippen MR) is 71.7 cm³/mol. The van der Waals surface area contributed by atoms with E-state index in [9.17, 15) is 4.79 Å². The molecule has 0 aliphatic carbocycles. The molecule has 1 aromatic carbocycles. The molecule has 4 heteroatoms. The van der Waals surface area contributed by atoms with Crippen LogP contribution in [0.5, 0.6) is 0 Å². The van der Waals surface area contributed by atoms with Gasteiger partial charge in [0.1, 0.15) is 0 Å². The van der Waals surface area contributed by atoms with Crippen LogP contribution in [-0.2, 0) is 11.3 Å². The second kappa shape index (κ2) is 6.21. The molecule has 1 aliphatic rings. The summed E-state index contributed by atoms with van der Waals surface area (Å²) in [6, 6.07) is 7.86. The van der Waals surface area contributed by atoms with E-state index in [2.05, 4.69) is 11.0 Å². The zero-order valence-electron chi connectivity index (χ0n) is 10.3. The zero-order valence-corrected chi connectivity index (χ0v) is 11.1. The number of carboxylic acid groups (broad SMARTS) is 1. The number of benzene rings is 1. The Morgan fingerprint density at radius 2 is 2.33 bits per heavy atom. The predicted octanol–water partition coefficient (Wildman–Crippen LogP) is 3.03. The fourth-order valence-corrected chi connectivity index (χ4v) is 2.81. The number of hydrogen-bond donors (Lipinski definition) is 1. The van der Waals surface area contributed by atoms with Gasteiger partial charge in [0, 0.05) is 24.5 Å². The Labute approximate surface area is 112 Å². The lowest BCUT2D eigenvalue weighted by Gasteiger charge is -2.32. The van der Waals surface area contributed by atoms with Gasteiger partial charge in [0.2, 0.25) is 0 Å². The average molecular weight is 268 g/mol. The van der Waals surface area contributed by atoms with E-state index in [1.807, 2.05) is 18.2 Å². The first kappa shape index (κ1) is 13.4. The maximum Gasteiger partial charge on any atom is 0.303 e. The maximum atomic E-state index is 10.7. The molecular weight excluding hydrogens is 250 g/mol. The van der Waals surface area contributed by atoms with Crippen LogP contribution in [0, 0.1) is 5.92 Å². The molecule has 1 aromatic rings. The third-order valence-electron chi connectivity index (χ3n) is 3.36. The summed E-state index contributed by atoms with van der Waals surface area (Å²) in [5, 5.41) is 9.60. The van der Waals surface area contributed by atoms with Crippen LogP contribution in [0.2, 0.25) is 5.02 Å². The lowest BCUT2D eigenvalue weighted by Crippen LogP contribution is -2.35. The SMILES string of the molecule is O=C(O)CC1CCCN(Cc2cccc(Cl)c2)C1. The first-order chi connectivity index (χ1) is 8.63. The lowest BCUT2D eigenvalue weighted by molar-refractivity contribution is -0.138. The first-order valence-corrected chi connectivity index (χ1v) is 6.70. The number of nitrogens with zero attached hydrogens (tertiary/aromatic N) is 1. The second-order valence-electron chi connectivity index (χ2n) is 4.97. The molecule has 0 saturated carbocycles. The van der Waals surface area contributed by atoms with Gasteiger partial charge in [0.05, 0.1) is 0 Å². The van der Waals surface area contributed by atoms with Crippen molar-refractivity contribution in [3.63, 3.8) is 0 Å². The molecule has 1 N–H and O–H groups in total. The highest BCUT2D eigenvalue weighted by atomic mass is 35.5. The monoisotopic (exact) mass is 267 g/mol. The topological polar surface area (TPSA) is 40.5 Å². The minimum absolute atomic E-state index is 0.284. The summed E-state index contributed by atoms with van der Waals surface area (Å²) in [5.41, 5.74) is 1.19. The molecule has 0 radical (unpaired) electrons. The molecular formula is C14H18ClNO2. The van der Waals surface area contributed by atoms with Crippen molar-refractivity contribution < 1.29 is 9.90 Å². The van der Waals surface area contributed by atoms with Crippen LogP contribution in [0.3, 0.4) is 0 Å². The van der Waals surface area contributed by atoms with Crippen LogP contribution in [0.1, 0.15) is 24.8 Å². The summed E-state index contributed by atoms with van der Waals surface area (Å²) >= 11 is 5.96. The van der Waals surface area contributed by atoms with E-state index >= 15 is 0 Å². The van der Waals surface area contributed by atoms with Crippen molar-refractivity contribution >= 4 is 17.6 Å². The van der Waals surface area contributed by atoms with Crippen molar-refractivity contribution in [2.45, 2.75) is 25.8 Å². The first-order valence-electron chi connectivity index (χ1n) is 6.32. The third-order valence-corrected chi connectivity index (χ3v) is 3.60. The third kappa shape index (κ3) is 4.00. The number of carbonyl (C=O) groups is 1. The van der Waals surface area contributed by atoms with Crippen molar-refractivity contribution in [1.29, 1.82) is 0 Å². The smallest absolute Gasteiger partial charge is 0.303 e. The summed E-state index contributed by atoms with van der Waals surface area (Å²) in [4.78, 5) is 13.1. The van der Waals surface area contributed by atoms with Gasteiger partial charge in [-0.2, -0.15) is 0 Å². The van der Waals surface area contributed by atoms with Crippen molar-refractivity contribution in [3.05, 3.63) is 34.9 Å². The highest BCUT2D eigenvalue weighted by Gasteiger charge is 2.21. The van der Waals surface area contributed by atoms with Gasteiger partial charge in [-0.15, -0.1) is 0 Å². The molecule has 1 aliphatic heterocycles. The van der Waals surface area contributed by atoms with Crippen molar-refractivity contribution in [2.75, 3.05) is 13.1 Å². The number of halogens is 1. The Bertz CT molecular complexity index is 422. The van der Waals surface area contributed by atoms with E-state index in [1.165, 1.54) is 5.56 Å². The standard InChI is InChI=1S/C14H18ClNO2/c15-13-5-1-3-11(7-13)9-16-6-2-4-12(10-16)8-14(17)18/h1,3,5,7,12H,2,4,6,8-10H2,(H,17,18). The van der Waals surface area contributed by atoms with Crippen LogP contribution < -0.4 is 0 Å². The number of likely N-dealkylation sites (tertiary alicyclic amines) is 1. The number of rotatable bonds is 4. The molecule has 1 unspecified atom stereocenters. The minimum Gasteiger partial charge on any atom is -0.481 e. The molecule has 0 amide bonds. The summed E-state index contributed by atoms with van der Waals surface area (Å²) in [6.45, 7) is 2.78. The zero-order chi connectivity index (χ0) is 13.0. The Morgan fingerprint density at radius 3 is 3.06 bits per heavy atom. The molecule has 98 valence electrons. The number of aliphatic carboxylic acids is 1. The van der Waals surface area contributed by atoms with Gasteiger partial charge in [0.25, 0.3) is 0 Å². The van der Waals surface area contributed by atoms with Gasteiger partial charge in [-0.1, -0.05) is 23.7 Å². The molecule has 1 heterocycles. The van der Waals surface area contributed by atoms with Crippen LogP contribution in [0.15, 0.2) is 24.3 Å².